The molecule has 0 aliphatic carbocycles. The summed E-state index contributed by atoms with van der Waals surface area (Å²) in [5.74, 6) is -0.0876. The molecule has 1 atom stereocenters. The Kier molecular flexibility index (Phi) is 7.14. The van der Waals surface area contributed by atoms with Gasteiger partial charge in [-0.2, -0.15) is 0 Å². The van der Waals surface area contributed by atoms with Crippen LogP contribution in [0.15, 0.2) is 71.6 Å². The smallest absolute Gasteiger partial charge is 0.264 e. The van der Waals surface area contributed by atoms with Gasteiger partial charge >= 0.3 is 0 Å². The molecule has 0 radical (unpaired) electrons. The highest BCUT2D eigenvalue weighted by molar-refractivity contribution is 7.92. The molecule has 1 heterocycles. The molecule has 1 amide bonds. The number of hydrogen-bond acceptors (Lipinski definition) is 4. The molecule has 178 valence electrons. The van der Waals surface area contributed by atoms with Gasteiger partial charge in [-0.15, -0.1) is 0 Å². The van der Waals surface area contributed by atoms with E-state index in [2.05, 4.69) is 37.4 Å². The van der Waals surface area contributed by atoms with Crippen molar-refractivity contribution in [1.82, 2.24) is 5.32 Å². The van der Waals surface area contributed by atoms with Crippen molar-refractivity contribution in [3.63, 3.8) is 0 Å². The van der Waals surface area contributed by atoms with Crippen molar-refractivity contribution in [3.05, 3.63) is 88.4 Å². The minimum Gasteiger partial charge on any atom is -0.476 e. The summed E-state index contributed by atoms with van der Waals surface area (Å²) in [6.45, 7) is 4.34. The molecule has 3 aromatic carbocycles. The molecule has 6 nitrogen and oxygen atoms in total. The number of sulfonamides is 1. The summed E-state index contributed by atoms with van der Waals surface area (Å²) in [6.07, 6.45) is 0.751. The van der Waals surface area contributed by atoms with Crippen molar-refractivity contribution < 1.29 is 17.9 Å². The largest absolute Gasteiger partial charge is 0.476 e. The van der Waals surface area contributed by atoms with Crippen molar-refractivity contribution >= 4 is 33.2 Å². The molecule has 1 aliphatic rings. The van der Waals surface area contributed by atoms with E-state index < -0.39 is 16.1 Å². The lowest BCUT2D eigenvalue weighted by molar-refractivity contribution is -0.127. The zero-order valence-electron chi connectivity index (χ0n) is 19.1. The molecule has 0 saturated carbocycles. The highest BCUT2D eigenvalue weighted by atomic mass is 35.5. The summed E-state index contributed by atoms with van der Waals surface area (Å²) >= 11 is 6.15. The molecule has 3 aromatic rings. The molecule has 0 saturated heterocycles. The van der Waals surface area contributed by atoms with Gasteiger partial charge in [-0.25, -0.2) is 8.42 Å². The third-order valence-electron chi connectivity index (χ3n) is 5.93. The van der Waals surface area contributed by atoms with Gasteiger partial charge in [0.2, 0.25) is 0 Å². The van der Waals surface area contributed by atoms with Crippen LogP contribution >= 0.6 is 11.6 Å². The van der Waals surface area contributed by atoms with Crippen molar-refractivity contribution in [2.24, 2.45) is 0 Å². The van der Waals surface area contributed by atoms with Gasteiger partial charge in [-0.05, 0) is 59.9 Å². The van der Waals surface area contributed by atoms with E-state index in [1.807, 2.05) is 0 Å². The van der Waals surface area contributed by atoms with Crippen molar-refractivity contribution in [2.45, 2.75) is 44.2 Å². The van der Waals surface area contributed by atoms with Gasteiger partial charge in [-0.1, -0.05) is 61.8 Å². The van der Waals surface area contributed by atoms with Crippen molar-refractivity contribution in [2.75, 3.05) is 10.8 Å². The predicted molar refractivity (Wildman–Crippen MR) is 134 cm³/mol. The van der Waals surface area contributed by atoms with Gasteiger partial charge in [0.1, 0.15) is 5.75 Å². The predicted octanol–water partition coefficient (Wildman–Crippen LogP) is 4.74. The summed E-state index contributed by atoms with van der Waals surface area (Å²) in [4.78, 5) is 13.3. The number of nitrogens with one attached hydrogen (secondary N) is 1. The summed E-state index contributed by atoms with van der Waals surface area (Å²) in [6, 6.07) is 19.1. The summed E-state index contributed by atoms with van der Waals surface area (Å²) in [5, 5.41) is 3.31. The van der Waals surface area contributed by atoms with Gasteiger partial charge < -0.3 is 10.1 Å². The van der Waals surface area contributed by atoms with Gasteiger partial charge in [0.15, 0.2) is 6.10 Å². The highest BCUT2D eigenvalue weighted by Crippen LogP contribution is 2.38. The van der Waals surface area contributed by atoms with E-state index >= 15 is 0 Å². The van der Waals surface area contributed by atoms with Gasteiger partial charge in [0.25, 0.3) is 15.9 Å². The normalized spacial score (nSPS) is 15.4. The first kappa shape index (κ1) is 24.1. The fraction of sp³-hybridized carbons (Fsp3) is 0.269. The number of anilines is 1. The summed E-state index contributed by atoms with van der Waals surface area (Å²) in [5.41, 5.74) is 3.72. The zero-order valence-corrected chi connectivity index (χ0v) is 20.7. The molecule has 0 aromatic heterocycles. The van der Waals surface area contributed by atoms with Crippen LogP contribution in [-0.4, -0.2) is 27.0 Å². The summed E-state index contributed by atoms with van der Waals surface area (Å²) in [7, 11) is -3.93. The molecule has 0 fully saturated rings. The Labute approximate surface area is 205 Å². The fourth-order valence-electron chi connectivity index (χ4n) is 4.01. The number of carbonyl (C=O) groups excluding carboxylic acids is 1. The number of carbonyl (C=O) groups is 1. The Morgan fingerprint density at radius 1 is 1.03 bits per heavy atom. The first-order valence-electron chi connectivity index (χ1n) is 11.3. The van der Waals surface area contributed by atoms with E-state index in [9.17, 15) is 13.2 Å². The fourth-order valence-corrected chi connectivity index (χ4v) is 5.67. The van der Waals surface area contributed by atoms with E-state index in [4.69, 9.17) is 16.3 Å². The monoisotopic (exact) mass is 498 g/mol. The van der Waals surface area contributed by atoms with Crippen molar-refractivity contribution in [1.29, 1.82) is 0 Å². The molecular formula is C26H27ClN2O4S. The molecule has 0 bridgehead atoms. The number of nitrogens with zero attached hydrogens (tertiary/aromatic N) is 1. The van der Waals surface area contributed by atoms with Crippen LogP contribution < -0.4 is 14.4 Å². The minimum absolute atomic E-state index is 0.131. The van der Waals surface area contributed by atoms with Crippen LogP contribution in [0.1, 0.15) is 30.5 Å². The number of benzene rings is 3. The van der Waals surface area contributed by atoms with Crippen LogP contribution in [0.25, 0.3) is 0 Å². The number of fused-ring (bicyclic) bond motifs is 1. The Balaban J connectivity index is 1.60. The molecule has 0 spiro atoms. The first-order chi connectivity index (χ1) is 16.3. The molecule has 34 heavy (non-hydrogen) atoms. The molecule has 1 aliphatic heterocycles. The van der Waals surface area contributed by atoms with Gasteiger partial charge in [0, 0.05) is 11.6 Å². The Bertz CT molecular complexity index is 1300. The number of amides is 1. The van der Waals surface area contributed by atoms with E-state index in [0.29, 0.717) is 17.3 Å². The van der Waals surface area contributed by atoms with E-state index in [-0.39, 0.29) is 23.1 Å². The minimum atomic E-state index is -3.93. The van der Waals surface area contributed by atoms with E-state index in [0.717, 1.165) is 24.0 Å². The maximum absolute atomic E-state index is 13.5. The molecule has 1 unspecified atom stereocenters. The van der Waals surface area contributed by atoms with Crippen LogP contribution in [0.4, 0.5) is 5.69 Å². The van der Waals surface area contributed by atoms with Crippen LogP contribution in [0.5, 0.6) is 5.75 Å². The Morgan fingerprint density at radius 3 is 2.50 bits per heavy atom. The highest BCUT2D eigenvalue weighted by Gasteiger charge is 2.37. The first-order valence-corrected chi connectivity index (χ1v) is 13.1. The molecule has 4 rings (SSSR count). The topological polar surface area (TPSA) is 75.7 Å². The van der Waals surface area contributed by atoms with E-state index in [1.165, 1.54) is 28.1 Å². The maximum Gasteiger partial charge on any atom is 0.264 e. The lowest BCUT2D eigenvalue weighted by atomic mass is 10.0. The van der Waals surface area contributed by atoms with Crippen LogP contribution in [0, 0.1) is 0 Å². The number of rotatable bonds is 7. The lowest BCUT2D eigenvalue weighted by Crippen LogP contribution is -2.50. The Hall–Kier alpha value is -3.03. The average molecular weight is 499 g/mol. The SMILES string of the molecule is CCc1ccc(CC)c(CNC(=O)C2CN(S(=O)(=O)c3ccccc3)c3cc(Cl)ccc3O2)c1. The molecular weight excluding hydrogens is 472 g/mol. The van der Waals surface area contributed by atoms with Crippen molar-refractivity contribution in [3.8, 4) is 5.75 Å². The molecule has 1 N–H and O–H groups in total. The second-order valence-electron chi connectivity index (χ2n) is 8.10. The second kappa shape index (κ2) is 10.1. The second-order valence-corrected chi connectivity index (χ2v) is 10.4. The van der Waals surface area contributed by atoms with Gasteiger partial charge in [0.05, 0.1) is 17.1 Å². The third kappa shape index (κ3) is 4.91. The zero-order chi connectivity index (χ0) is 24.3. The number of ether oxygens (including phenoxy) is 1. The maximum atomic E-state index is 13.5. The van der Waals surface area contributed by atoms with Crippen LogP contribution in [0.3, 0.4) is 0 Å². The molecule has 8 heteroatoms. The lowest BCUT2D eigenvalue weighted by Gasteiger charge is -2.35. The summed E-state index contributed by atoms with van der Waals surface area (Å²) < 4.78 is 34.0. The van der Waals surface area contributed by atoms with E-state index in [1.54, 1.807) is 30.3 Å². The third-order valence-corrected chi connectivity index (χ3v) is 7.96. The Morgan fingerprint density at radius 2 is 1.79 bits per heavy atom. The number of halogens is 1. The number of aryl methyl sites for hydroxylation is 2. The average Bonchev–Trinajstić information content (AvgIpc) is 2.86. The van der Waals surface area contributed by atoms with Gasteiger partial charge in [-0.3, -0.25) is 9.10 Å². The number of hydrogen-bond donors (Lipinski definition) is 1. The standard InChI is InChI=1S/C26H27ClN2O4S/c1-3-18-10-11-19(4-2)20(14-18)16-28-26(30)25-17-29(23-15-21(27)12-13-24(23)33-25)34(31,32)22-8-6-5-7-9-22/h5-15,25H,3-4,16-17H2,1-2H3,(H,28,30). The van der Waals surface area contributed by atoms with Crippen LogP contribution in [-0.2, 0) is 34.2 Å². The van der Waals surface area contributed by atoms with Crippen LogP contribution in [0.2, 0.25) is 5.02 Å². The quantitative estimate of drug-likeness (QED) is 0.510.